The van der Waals surface area contributed by atoms with E-state index in [1.165, 1.54) is 30.9 Å². The summed E-state index contributed by atoms with van der Waals surface area (Å²) in [5.41, 5.74) is 4.15. The minimum absolute atomic E-state index is 0.163. The van der Waals surface area contributed by atoms with E-state index in [0.29, 0.717) is 27.0 Å². The number of aryl methyl sites for hydroxylation is 1. The number of likely N-dealkylation sites (N-methyl/N-ethyl adjacent to an activating group) is 1. The van der Waals surface area contributed by atoms with Crippen molar-refractivity contribution < 1.29 is 9.53 Å². The number of nitrogens with one attached hydrogen (secondary N) is 2. The number of carbonyl (C=O) groups is 1. The molecule has 2 heterocycles. The van der Waals surface area contributed by atoms with E-state index in [2.05, 4.69) is 67.5 Å². The highest BCUT2D eigenvalue weighted by atomic mass is 79.9. The van der Waals surface area contributed by atoms with Crippen molar-refractivity contribution in [2.24, 2.45) is 0 Å². The molecular weight excluding hydrogens is 506 g/mol. The minimum Gasteiger partial charge on any atom is -0.480 e. The molecule has 0 aliphatic carbocycles. The maximum atomic E-state index is 12.8. The number of benzene rings is 2. The van der Waals surface area contributed by atoms with Crippen molar-refractivity contribution in [3.8, 4) is 5.88 Å². The fourth-order valence-corrected chi connectivity index (χ4v) is 4.87. The Labute approximate surface area is 206 Å². The molecule has 9 heteroatoms. The highest BCUT2D eigenvalue weighted by Gasteiger charge is 2.23. The van der Waals surface area contributed by atoms with E-state index < -0.39 is 5.91 Å². The second-order valence-corrected chi connectivity index (χ2v) is 9.37. The van der Waals surface area contributed by atoms with Crippen LogP contribution < -0.4 is 15.4 Å². The lowest BCUT2D eigenvalue weighted by Crippen LogP contribution is -2.15. The molecule has 1 aliphatic rings. The zero-order chi connectivity index (χ0) is 23.5. The molecule has 3 aromatic rings. The van der Waals surface area contributed by atoms with Gasteiger partial charge in [0.15, 0.2) is 0 Å². The summed E-state index contributed by atoms with van der Waals surface area (Å²) >= 11 is 9.60. The predicted molar refractivity (Wildman–Crippen MR) is 135 cm³/mol. The van der Waals surface area contributed by atoms with Crippen molar-refractivity contribution in [3.05, 3.63) is 68.8 Å². The van der Waals surface area contributed by atoms with E-state index >= 15 is 0 Å². The van der Waals surface area contributed by atoms with Gasteiger partial charge in [0.25, 0.3) is 5.91 Å². The van der Waals surface area contributed by atoms with Gasteiger partial charge >= 0.3 is 0 Å². The van der Waals surface area contributed by atoms with Crippen LogP contribution in [0.1, 0.15) is 33.8 Å². The van der Waals surface area contributed by atoms with Gasteiger partial charge in [0.05, 0.1) is 17.8 Å². The molecule has 1 fully saturated rings. The van der Waals surface area contributed by atoms with E-state index in [-0.39, 0.29) is 11.4 Å². The third kappa shape index (κ3) is 5.29. The van der Waals surface area contributed by atoms with E-state index in [9.17, 15) is 4.79 Å². The second-order valence-electron chi connectivity index (χ2n) is 8.11. The molecule has 0 unspecified atom stereocenters. The van der Waals surface area contributed by atoms with Gasteiger partial charge in [-0.25, -0.2) is 4.98 Å². The molecule has 2 aromatic carbocycles. The summed E-state index contributed by atoms with van der Waals surface area (Å²) in [5.74, 6) is 0.649. The van der Waals surface area contributed by atoms with Crippen molar-refractivity contribution in [2.45, 2.75) is 19.3 Å². The summed E-state index contributed by atoms with van der Waals surface area (Å²) < 4.78 is 6.03. The number of nitrogens with zero attached hydrogens (tertiary/aromatic N) is 3. The molecule has 1 aliphatic heterocycles. The molecule has 0 bridgehead atoms. The summed E-state index contributed by atoms with van der Waals surface area (Å²) in [4.78, 5) is 23.9. The van der Waals surface area contributed by atoms with Gasteiger partial charge in [-0.2, -0.15) is 4.98 Å². The van der Waals surface area contributed by atoms with Gasteiger partial charge in [0.1, 0.15) is 5.56 Å². The highest BCUT2D eigenvalue weighted by Crippen LogP contribution is 2.32. The van der Waals surface area contributed by atoms with Crippen LogP contribution in [0.5, 0.6) is 5.88 Å². The van der Waals surface area contributed by atoms with Crippen LogP contribution in [0.3, 0.4) is 0 Å². The highest BCUT2D eigenvalue weighted by molar-refractivity contribution is 9.10. The number of amides is 1. The van der Waals surface area contributed by atoms with Gasteiger partial charge in [-0.05, 0) is 84.2 Å². The molecule has 7 nitrogen and oxygen atoms in total. The minimum atomic E-state index is -0.422. The van der Waals surface area contributed by atoms with Crippen molar-refractivity contribution in [1.29, 1.82) is 0 Å². The predicted octanol–water partition coefficient (Wildman–Crippen LogP) is 5.62. The molecule has 0 radical (unpaired) electrons. The molecule has 1 aromatic heterocycles. The van der Waals surface area contributed by atoms with Crippen LogP contribution >= 0.6 is 27.5 Å². The number of rotatable bonds is 6. The number of likely N-dealkylation sites (tertiary alicyclic amines) is 1. The molecule has 1 saturated heterocycles. The van der Waals surface area contributed by atoms with Crippen LogP contribution in [0.4, 0.5) is 17.3 Å². The molecule has 33 heavy (non-hydrogen) atoms. The van der Waals surface area contributed by atoms with Crippen LogP contribution in [0.15, 0.2) is 47.1 Å². The normalized spacial score (nSPS) is 16.0. The Morgan fingerprint density at radius 3 is 2.79 bits per heavy atom. The Bertz CT molecular complexity index is 1170. The van der Waals surface area contributed by atoms with Crippen LogP contribution in [0.25, 0.3) is 0 Å². The van der Waals surface area contributed by atoms with Crippen molar-refractivity contribution in [3.63, 3.8) is 0 Å². The average Bonchev–Trinajstić information content (AvgIpc) is 3.22. The average molecular weight is 531 g/mol. The molecule has 2 N–H and O–H groups in total. The fourth-order valence-electron chi connectivity index (χ4n) is 4.07. The van der Waals surface area contributed by atoms with E-state index in [1.54, 1.807) is 18.2 Å². The lowest BCUT2D eigenvalue weighted by Gasteiger charge is -2.16. The molecule has 1 amide bonds. The van der Waals surface area contributed by atoms with Gasteiger partial charge in [-0.15, -0.1) is 0 Å². The summed E-state index contributed by atoms with van der Waals surface area (Å²) in [5, 5.41) is 6.40. The number of para-hydroxylation sites is 1. The van der Waals surface area contributed by atoms with Crippen LogP contribution in [0.2, 0.25) is 5.02 Å². The van der Waals surface area contributed by atoms with Gasteiger partial charge in [-0.3, -0.25) is 4.79 Å². The number of ether oxygens (including phenoxy) is 1. The number of methoxy groups -OCH3 is 1. The first kappa shape index (κ1) is 23.5. The largest absolute Gasteiger partial charge is 0.480 e. The maximum Gasteiger partial charge on any atom is 0.262 e. The maximum absolute atomic E-state index is 12.8. The first-order chi connectivity index (χ1) is 15.9. The van der Waals surface area contributed by atoms with Crippen molar-refractivity contribution >= 4 is 50.8 Å². The smallest absolute Gasteiger partial charge is 0.262 e. The Kier molecular flexibility index (Phi) is 7.17. The number of hydrogen-bond donors (Lipinski definition) is 2. The SMILES string of the molecule is COc1nc(Nc2ccc([C@@H]3CCN(C)C3)c(C)c2)ncc1C(=O)Nc1c(Cl)cccc1Br. The molecule has 172 valence electrons. The van der Waals surface area contributed by atoms with Gasteiger partial charge < -0.3 is 20.3 Å². The number of hydrogen-bond acceptors (Lipinski definition) is 6. The van der Waals surface area contributed by atoms with Crippen molar-refractivity contribution in [1.82, 2.24) is 14.9 Å². The number of aromatic nitrogens is 2. The lowest BCUT2D eigenvalue weighted by molar-refractivity contribution is 0.102. The Balaban J connectivity index is 1.51. The quantitative estimate of drug-likeness (QED) is 0.430. The first-order valence-corrected chi connectivity index (χ1v) is 11.8. The standard InChI is InChI=1S/C24H25BrClN5O2/c1-14-11-16(7-8-17(14)15-9-10-31(2)13-15)28-24-27-12-18(23(30-24)33-3)22(32)29-21-19(25)5-4-6-20(21)26/h4-8,11-12,15H,9-10,13H2,1-3H3,(H,29,32)(H,27,28,30)/t15-/m1/s1. The van der Waals surface area contributed by atoms with Gasteiger partial charge in [0.2, 0.25) is 11.8 Å². The van der Waals surface area contributed by atoms with Crippen LogP contribution in [-0.4, -0.2) is 48.0 Å². The Hall–Kier alpha value is -2.68. The molecule has 4 rings (SSSR count). The van der Waals surface area contributed by atoms with E-state index in [1.807, 2.05) is 6.07 Å². The zero-order valence-corrected chi connectivity index (χ0v) is 21.0. The Morgan fingerprint density at radius 1 is 1.30 bits per heavy atom. The third-order valence-electron chi connectivity index (χ3n) is 5.75. The molecule has 0 saturated carbocycles. The Morgan fingerprint density at radius 2 is 2.12 bits per heavy atom. The van der Waals surface area contributed by atoms with E-state index in [0.717, 1.165) is 18.8 Å². The fraction of sp³-hybridized carbons (Fsp3) is 0.292. The summed E-state index contributed by atoms with van der Waals surface area (Å²) in [6.07, 6.45) is 2.61. The third-order valence-corrected chi connectivity index (χ3v) is 6.73. The summed E-state index contributed by atoms with van der Waals surface area (Å²) in [6, 6.07) is 11.6. The number of anilines is 3. The van der Waals surface area contributed by atoms with Crippen LogP contribution in [0, 0.1) is 6.92 Å². The monoisotopic (exact) mass is 529 g/mol. The van der Waals surface area contributed by atoms with Gasteiger partial charge in [-0.1, -0.05) is 23.7 Å². The summed E-state index contributed by atoms with van der Waals surface area (Å²) in [7, 11) is 3.62. The number of halogens is 2. The first-order valence-electron chi connectivity index (χ1n) is 10.6. The summed E-state index contributed by atoms with van der Waals surface area (Å²) in [6.45, 7) is 4.34. The van der Waals surface area contributed by atoms with Crippen molar-refractivity contribution in [2.75, 3.05) is 37.9 Å². The number of carbonyl (C=O) groups excluding carboxylic acids is 1. The van der Waals surface area contributed by atoms with Gasteiger partial charge in [0, 0.05) is 22.9 Å². The van der Waals surface area contributed by atoms with E-state index in [4.69, 9.17) is 16.3 Å². The topological polar surface area (TPSA) is 79.4 Å². The second kappa shape index (κ2) is 10.1. The molecule has 0 spiro atoms. The van der Waals surface area contributed by atoms with Crippen LogP contribution in [-0.2, 0) is 0 Å². The molecule has 1 atom stereocenters. The molecular formula is C24H25BrClN5O2. The zero-order valence-electron chi connectivity index (χ0n) is 18.7. The lowest BCUT2D eigenvalue weighted by atomic mass is 9.94.